The van der Waals surface area contributed by atoms with Gasteiger partial charge in [0, 0.05) is 57.9 Å². The summed E-state index contributed by atoms with van der Waals surface area (Å²) in [6.07, 6.45) is 1.73. The molecule has 0 saturated carbocycles. The molecule has 0 aromatic heterocycles. The summed E-state index contributed by atoms with van der Waals surface area (Å²) in [6, 6.07) is 17.3. The van der Waals surface area contributed by atoms with E-state index in [1.807, 2.05) is 4.90 Å². The second kappa shape index (κ2) is 8.13. The van der Waals surface area contributed by atoms with Crippen molar-refractivity contribution in [2.24, 2.45) is 0 Å². The number of nitrogens with zero attached hydrogens (tertiary/aromatic N) is 3. The van der Waals surface area contributed by atoms with E-state index < -0.39 is 0 Å². The molecule has 4 rings (SSSR count). The van der Waals surface area contributed by atoms with Gasteiger partial charge in [-0.25, -0.2) is 0 Å². The average Bonchev–Trinajstić information content (AvgIpc) is 2.72. The number of fused-ring (bicyclic) bond motifs is 1. The summed E-state index contributed by atoms with van der Waals surface area (Å²) in [7, 11) is 0. The molecule has 4 nitrogen and oxygen atoms in total. The Kier molecular flexibility index (Phi) is 5.44. The van der Waals surface area contributed by atoms with Crippen molar-refractivity contribution >= 4 is 11.6 Å². The molecule has 2 aliphatic rings. The minimum Gasteiger partial charge on any atom is -0.368 e. The van der Waals surface area contributed by atoms with E-state index in [1.165, 1.54) is 22.4 Å². The number of carbonyl (C=O) groups is 1. The SMILES string of the molecule is Cc1cccc(N2CCN(C(=O)CCN3CCc4ccccc4C3)CC2)c1. The molecule has 2 aliphatic heterocycles. The summed E-state index contributed by atoms with van der Waals surface area (Å²) in [5.41, 5.74) is 5.44. The summed E-state index contributed by atoms with van der Waals surface area (Å²) < 4.78 is 0. The Balaban J connectivity index is 1.24. The van der Waals surface area contributed by atoms with Gasteiger partial charge in [-0.2, -0.15) is 0 Å². The number of amides is 1. The van der Waals surface area contributed by atoms with Gasteiger partial charge in [-0.1, -0.05) is 36.4 Å². The van der Waals surface area contributed by atoms with Crippen LogP contribution in [0.5, 0.6) is 0 Å². The minimum atomic E-state index is 0.303. The van der Waals surface area contributed by atoms with Crippen LogP contribution >= 0.6 is 0 Å². The van der Waals surface area contributed by atoms with Crippen LogP contribution in [0.25, 0.3) is 0 Å². The van der Waals surface area contributed by atoms with Crippen molar-refractivity contribution in [1.82, 2.24) is 9.80 Å². The number of rotatable bonds is 4. The predicted molar refractivity (Wildman–Crippen MR) is 110 cm³/mol. The fourth-order valence-corrected chi connectivity index (χ4v) is 4.20. The molecule has 142 valence electrons. The molecule has 2 aromatic rings. The lowest BCUT2D eigenvalue weighted by atomic mass is 10.00. The number of benzene rings is 2. The third kappa shape index (κ3) is 4.33. The number of hydrogen-bond acceptors (Lipinski definition) is 3. The van der Waals surface area contributed by atoms with Crippen molar-refractivity contribution in [1.29, 1.82) is 0 Å². The Hall–Kier alpha value is -2.33. The van der Waals surface area contributed by atoms with Crippen molar-refractivity contribution in [2.45, 2.75) is 26.3 Å². The fraction of sp³-hybridized carbons (Fsp3) is 0.435. The molecule has 1 saturated heterocycles. The molecule has 2 aromatic carbocycles. The van der Waals surface area contributed by atoms with Crippen LogP contribution in [0.1, 0.15) is 23.1 Å². The van der Waals surface area contributed by atoms with E-state index >= 15 is 0 Å². The van der Waals surface area contributed by atoms with E-state index in [9.17, 15) is 4.79 Å². The monoisotopic (exact) mass is 363 g/mol. The van der Waals surface area contributed by atoms with E-state index in [1.54, 1.807) is 0 Å². The molecule has 1 fully saturated rings. The van der Waals surface area contributed by atoms with E-state index in [-0.39, 0.29) is 0 Å². The van der Waals surface area contributed by atoms with Crippen molar-refractivity contribution in [3.8, 4) is 0 Å². The maximum Gasteiger partial charge on any atom is 0.223 e. The molecule has 4 heteroatoms. The summed E-state index contributed by atoms with van der Waals surface area (Å²) in [6.45, 7) is 8.54. The highest BCUT2D eigenvalue weighted by Gasteiger charge is 2.22. The second-order valence-electron chi connectivity index (χ2n) is 7.75. The molecular weight excluding hydrogens is 334 g/mol. The first kappa shape index (κ1) is 18.1. The summed E-state index contributed by atoms with van der Waals surface area (Å²) in [5, 5.41) is 0. The maximum atomic E-state index is 12.7. The van der Waals surface area contributed by atoms with Crippen LogP contribution in [0, 0.1) is 6.92 Å². The highest BCUT2D eigenvalue weighted by atomic mass is 16.2. The minimum absolute atomic E-state index is 0.303. The van der Waals surface area contributed by atoms with Crippen LogP contribution in [0.3, 0.4) is 0 Å². The van der Waals surface area contributed by atoms with Gasteiger partial charge in [0.15, 0.2) is 0 Å². The van der Waals surface area contributed by atoms with E-state index in [2.05, 4.69) is 65.3 Å². The van der Waals surface area contributed by atoms with Crippen molar-refractivity contribution in [3.63, 3.8) is 0 Å². The molecule has 0 N–H and O–H groups in total. The van der Waals surface area contributed by atoms with Gasteiger partial charge in [0.05, 0.1) is 0 Å². The highest BCUT2D eigenvalue weighted by molar-refractivity contribution is 5.76. The standard InChI is InChI=1S/C23H29N3O/c1-19-5-4-8-22(17-19)25-13-15-26(16-14-25)23(27)10-12-24-11-9-20-6-2-3-7-21(20)18-24/h2-8,17H,9-16,18H2,1H3. The van der Waals surface area contributed by atoms with Gasteiger partial charge in [-0.05, 0) is 42.2 Å². The molecule has 0 bridgehead atoms. The zero-order valence-electron chi connectivity index (χ0n) is 16.2. The zero-order valence-corrected chi connectivity index (χ0v) is 16.2. The number of carbonyl (C=O) groups excluding carboxylic acids is 1. The Labute approximate surface area is 162 Å². The Morgan fingerprint density at radius 1 is 0.926 bits per heavy atom. The van der Waals surface area contributed by atoms with Gasteiger partial charge < -0.3 is 9.80 Å². The predicted octanol–water partition coefficient (Wildman–Crippen LogP) is 3.09. The number of piperazine rings is 1. The lowest BCUT2D eigenvalue weighted by Crippen LogP contribution is -2.49. The molecular formula is C23H29N3O. The summed E-state index contributed by atoms with van der Waals surface area (Å²) >= 11 is 0. The van der Waals surface area contributed by atoms with Crippen LogP contribution < -0.4 is 4.90 Å². The van der Waals surface area contributed by atoms with Gasteiger partial charge in [0.1, 0.15) is 0 Å². The normalized spacial score (nSPS) is 17.7. The molecule has 0 radical (unpaired) electrons. The average molecular weight is 364 g/mol. The maximum absolute atomic E-state index is 12.7. The van der Waals surface area contributed by atoms with Crippen molar-refractivity contribution < 1.29 is 4.79 Å². The quantitative estimate of drug-likeness (QED) is 0.835. The first-order chi connectivity index (χ1) is 13.2. The van der Waals surface area contributed by atoms with E-state index in [0.29, 0.717) is 12.3 Å². The summed E-state index contributed by atoms with van der Waals surface area (Å²) in [4.78, 5) is 19.5. The Morgan fingerprint density at radius 3 is 2.48 bits per heavy atom. The van der Waals surface area contributed by atoms with Crippen molar-refractivity contribution in [3.05, 3.63) is 65.2 Å². The Bertz CT molecular complexity index is 796. The molecule has 1 amide bonds. The van der Waals surface area contributed by atoms with Gasteiger partial charge in [-0.15, -0.1) is 0 Å². The van der Waals surface area contributed by atoms with Gasteiger partial charge in [-0.3, -0.25) is 9.69 Å². The fourth-order valence-electron chi connectivity index (χ4n) is 4.20. The van der Waals surface area contributed by atoms with Crippen LogP contribution in [-0.4, -0.2) is 55.0 Å². The van der Waals surface area contributed by atoms with Crippen LogP contribution in [0.4, 0.5) is 5.69 Å². The van der Waals surface area contributed by atoms with Crippen molar-refractivity contribution in [2.75, 3.05) is 44.2 Å². The Morgan fingerprint density at radius 2 is 1.70 bits per heavy atom. The smallest absolute Gasteiger partial charge is 0.223 e. The molecule has 0 spiro atoms. The third-order valence-electron chi connectivity index (χ3n) is 5.85. The van der Waals surface area contributed by atoms with Crippen LogP contribution in [0.15, 0.2) is 48.5 Å². The second-order valence-corrected chi connectivity index (χ2v) is 7.75. The first-order valence-electron chi connectivity index (χ1n) is 10.1. The molecule has 0 atom stereocenters. The van der Waals surface area contributed by atoms with Gasteiger partial charge in [0.2, 0.25) is 5.91 Å². The molecule has 27 heavy (non-hydrogen) atoms. The molecule has 0 aliphatic carbocycles. The lowest BCUT2D eigenvalue weighted by Gasteiger charge is -2.37. The zero-order chi connectivity index (χ0) is 18.6. The van der Waals surface area contributed by atoms with E-state index in [4.69, 9.17) is 0 Å². The third-order valence-corrected chi connectivity index (χ3v) is 5.85. The van der Waals surface area contributed by atoms with Crippen LogP contribution in [0.2, 0.25) is 0 Å². The highest BCUT2D eigenvalue weighted by Crippen LogP contribution is 2.20. The number of aryl methyl sites for hydroxylation is 1. The lowest BCUT2D eigenvalue weighted by molar-refractivity contribution is -0.131. The number of hydrogen-bond donors (Lipinski definition) is 0. The van der Waals surface area contributed by atoms with Crippen LogP contribution in [-0.2, 0) is 17.8 Å². The van der Waals surface area contributed by atoms with Gasteiger partial charge >= 0.3 is 0 Å². The topological polar surface area (TPSA) is 26.8 Å². The number of anilines is 1. The molecule has 0 unspecified atom stereocenters. The first-order valence-corrected chi connectivity index (χ1v) is 10.1. The molecule has 2 heterocycles. The van der Waals surface area contributed by atoms with E-state index in [0.717, 1.165) is 52.2 Å². The summed E-state index contributed by atoms with van der Waals surface area (Å²) in [5.74, 6) is 0.303. The largest absolute Gasteiger partial charge is 0.368 e. The van der Waals surface area contributed by atoms with Gasteiger partial charge in [0.25, 0.3) is 0 Å².